The van der Waals surface area contributed by atoms with Crippen molar-refractivity contribution < 1.29 is 14.3 Å². The van der Waals surface area contributed by atoms with Gasteiger partial charge in [-0.1, -0.05) is 12.1 Å². The van der Waals surface area contributed by atoms with Gasteiger partial charge in [-0.2, -0.15) is 4.98 Å². The topological polar surface area (TPSA) is 90.6 Å². The highest BCUT2D eigenvalue weighted by Crippen LogP contribution is 2.34. The van der Waals surface area contributed by atoms with Crippen molar-refractivity contribution in [1.82, 2.24) is 24.9 Å². The van der Waals surface area contributed by atoms with Crippen LogP contribution in [0.4, 0.5) is 0 Å². The number of nitrogens with zero attached hydrogens (tertiary/aromatic N) is 4. The minimum absolute atomic E-state index is 0.0881. The number of carbonyl (C=O) groups is 1. The van der Waals surface area contributed by atoms with E-state index in [2.05, 4.69) is 20.4 Å². The first-order chi connectivity index (χ1) is 11.7. The predicted molar refractivity (Wildman–Crippen MR) is 84.2 cm³/mol. The quantitative estimate of drug-likeness (QED) is 0.768. The minimum atomic E-state index is -0.347. The maximum absolute atomic E-state index is 12.4. The van der Waals surface area contributed by atoms with E-state index in [1.807, 2.05) is 18.2 Å². The molecule has 1 aliphatic rings. The van der Waals surface area contributed by atoms with E-state index in [4.69, 9.17) is 9.47 Å². The lowest BCUT2D eigenvalue weighted by Crippen LogP contribution is -2.43. The highest BCUT2D eigenvalue weighted by atomic mass is 16.5. The number of para-hydroxylation sites is 1. The second-order valence-corrected chi connectivity index (χ2v) is 5.43. The third kappa shape index (κ3) is 2.51. The van der Waals surface area contributed by atoms with Gasteiger partial charge < -0.3 is 14.8 Å². The summed E-state index contributed by atoms with van der Waals surface area (Å²) in [5.74, 6) is 1.56. The van der Waals surface area contributed by atoms with Crippen molar-refractivity contribution in [2.24, 2.45) is 0 Å². The van der Waals surface area contributed by atoms with E-state index >= 15 is 0 Å². The molecular weight excluding hydrogens is 310 g/mol. The van der Waals surface area contributed by atoms with Crippen molar-refractivity contribution in [2.45, 2.75) is 12.5 Å². The Morgan fingerprint density at radius 1 is 1.42 bits per heavy atom. The van der Waals surface area contributed by atoms with Crippen LogP contribution in [0.2, 0.25) is 0 Å². The number of hydrogen-bond acceptors (Lipinski definition) is 6. The molecule has 0 bridgehead atoms. The molecule has 8 heteroatoms. The number of nitrogens with one attached hydrogen (secondary N) is 1. The van der Waals surface area contributed by atoms with Crippen LogP contribution < -0.4 is 14.8 Å². The second kappa shape index (κ2) is 5.80. The van der Waals surface area contributed by atoms with E-state index in [1.165, 1.54) is 4.52 Å². The summed E-state index contributed by atoms with van der Waals surface area (Å²) in [7, 11) is 1.61. The fraction of sp³-hybridized carbons (Fsp3) is 0.250. The fourth-order valence-electron chi connectivity index (χ4n) is 2.73. The molecule has 122 valence electrons. The summed E-state index contributed by atoms with van der Waals surface area (Å²) in [4.78, 5) is 20.5. The normalized spacial score (nSPS) is 16.3. The largest absolute Gasteiger partial charge is 0.493 e. The predicted octanol–water partition coefficient (Wildman–Crippen LogP) is 0.866. The molecule has 0 radical (unpaired) electrons. The zero-order chi connectivity index (χ0) is 16.5. The van der Waals surface area contributed by atoms with Gasteiger partial charge in [0.2, 0.25) is 5.82 Å². The Balaban J connectivity index is 1.50. The Bertz CT molecular complexity index is 875. The van der Waals surface area contributed by atoms with Crippen molar-refractivity contribution >= 4 is 11.7 Å². The second-order valence-electron chi connectivity index (χ2n) is 5.43. The van der Waals surface area contributed by atoms with Gasteiger partial charge in [0, 0.05) is 18.0 Å². The van der Waals surface area contributed by atoms with Gasteiger partial charge in [-0.3, -0.25) is 4.79 Å². The molecule has 2 aromatic heterocycles. The Morgan fingerprint density at radius 2 is 2.33 bits per heavy atom. The first kappa shape index (κ1) is 14.4. The van der Waals surface area contributed by atoms with Gasteiger partial charge in [-0.15, -0.1) is 5.10 Å². The number of amides is 1. The number of hydrogen-bond donors (Lipinski definition) is 1. The van der Waals surface area contributed by atoms with Crippen molar-refractivity contribution in [2.75, 3.05) is 13.7 Å². The molecule has 1 aromatic carbocycles. The van der Waals surface area contributed by atoms with Crippen molar-refractivity contribution in [3.05, 3.63) is 48.0 Å². The van der Waals surface area contributed by atoms with E-state index < -0.39 is 0 Å². The summed E-state index contributed by atoms with van der Waals surface area (Å²) in [5, 5.41) is 7.02. The molecule has 4 rings (SSSR count). The average molecular weight is 325 g/mol. The number of rotatable bonds is 3. The molecule has 0 aliphatic carbocycles. The smallest absolute Gasteiger partial charge is 0.291 e. The average Bonchev–Trinajstić information content (AvgIpc) is 3.05. The summed E-state index contributed by atoms with van der Waals surface area (Å²) in [6.45, 7) is 0.366. The molecule has 0 spiro atoms. The highest BCUT2D eigenvalue weighted by Gasteiger charge is 2.25. The maximum Gasteiger partial charge on any atom is 0.291 e. The monoisotopic (exact) mass is 325 g/mol. The van der Waals surface area contributed by atoms with Gasteiger partial charge in [-0.05, 0) is 18.6 Å². The van der Waals surface area contributed by atoms with Crippen LogP contribution in [0.25, 0.3) is 5.78 Å². The van der Waals surface area contributed by atoms with Crippen LogP contribution in [-0.2, 0) is 6.42 Å². The fourth-order valence-corrected chi connectivity index (χ4v) is 2.73. The maximum atomic E-state index is 12.4. The van der Waals surface area contributed by atoms with Gasteiger partial charge in [-0.25, -0.2) is 9.50 Å². The highest BCUT2D eigenvalue weighted by molar-refractivity contribution is 5.91. The standard InChI is InChI=1S/C16H15N5O3/c1-23-12-5-2-4-10-8-11(9-24-13(10)12)18-15(22)14-19-16-17-6-3-7-21(16)20-14/h2-7,11H,8-9H2,1H3,(H,18,22). The van der Waals surface area contributed by atoms with Gasteiger partial charge in [0.05, 0.1) is 13.2 Å². The number of benzene rings is 1. The molecule has 1 aliphatic heterocycles. The lowest BCUT2D eigenvalue weighted by atomic mass is 10.0. The Hall–Kier alpha value is -3.16. The van der Waals surface area contributed by atoms with Crippen LogP contribution in [0.3, 0.4) is 0 Å². The molecule has 1 amide bonds. The van der Waals surface area contributed by atoms with Crippen LogP contribution >= 0.6 is 0 Å². The number of aromatic nitrogens is 4. The molecule has 0 saturated carbocycles. The van der Waals surface area contributed by atoms with Crippen molar-refractivity contribution in [3.63, 3.8) is 0 Å². The Labute approximate surface area is 137 Å². The molecule has 8 nitrogen and oxygen atoms in total. The molecule has 3 heterocycles. The summed E-state index contributed by atoms with van der Waals surface area (Å²) < 4.78 is 12.5. The number of methoxy groups -OCH3 is 1. The van der Waals surface area contributed by atoms with Gasteiger partial charge in [0.15, 0.2) is 11.5 Å². The van der Waals surface area contributed by atoms with Crippen molar-refractivity contribution in [3.8, 4) is 11.5 Å². The molecule has 0 fully saturated rings. The SMILES string of the molecule is COc1cccc2c1OCC(NC(=O)c1nc3ncccn3n1)C2. The minimum Gasteiger partial charge on any atom is -0.493 e. The Morgan fingerprint density at radius 3 is 3.17 bits per heavy atom. The van der Waals surface area contributed by atoms with Crippen LogP contribution in [0.5, 0.6) is 11.5 Å². The van der Waals surface area contributed by atoms with Crippen LogP contribution in [-0.4, -0.2) is 45.2 Å². The third-order valence-electron chi connectivity index (χ3n) is 3.83. The molecule has 0 saturated heterocycles. The number of ether oxygens (including phenoxy) is 2. The summed E-state index contributed by atoms with van der Waals surface area (Å²) >= 11 is 0. The van der Waals surface area contributed by atoms with E-state index in [-0.39, 0.29) is 17.8 Å². The Kier molecular flexibility index (Phi) is 3.49. The molecule has 1 unspecified atom stereocenters. The number of carbonyl (C=O) groups excluding carboxylic acids is 1. The first-order valence-corrected chi connectivity index (χ1v) is 7.51. The first-order valence-electron chi connectivity index (χ1n) is 7.51. The zero-order valence-corrected chi connectivity index (χ0v) is 13.0. The molecule has 3 aromatic rings. The van der Waals surface area contributed by atoms with Gasteiger partial charge >= 0.3 is 0 Å². The van der Waals surface area contributed by atoms with Gasteiger partial charge in [0.25, 0.3) is 11.7 Å². The van der Waals surface area contributed by atoms with Crippen LogP contribution in [0.1, 0.15) is 16.2 Å². The van der Waals surface area contributed by atoms with Crippen LogP contribution in [0, 0.1) is 0 Å². The molecule has 24 heavy (non-hydrogen) atoms. The van der Waals surface area contributed by atoms with E-state index in [0.29, 0.717) is 24.6 Å². The lowest BCUT2D eigenvalue weighted by molar-refractivity contribution is 0.0904. The lowest BCUT2D eigenvalue weighted by Gasteiger charge is -2.26. The van der Waals surface area contributed by atoms with E-state index in [0.717, 1.165) is 11.3 Å². The zero-order valence-electron chi connectivity index (χ0n) is 13.0. The molecule has 1 atom stereocenters. The summed E-state index contributed by atoms with van der Waals surface area (Å²) in [6, 6.07) is 7.29. The summed E-state index contributed by atoms with van der Waals surface area (Å²) in [5.41, 5.74) is 0.996. The van der Waals surface area contributed by atoms with Crippen molar-refractivity contribution in [1.29, 1.82) is 0 Å². The third-order valence-corrected chi connectivity index (χ3v) is 3.83. The van der Waals surface area contributed by atoms with Crippen LogP contribution in [0.15, 0.2) is 36.7 Å². The van der Waals surface area contributed by atoms with E-state index in [9.17, 15) is 4.79 Å². The molecule has 1 N–H and O–H groups in total. The van der Waals surface area contributed by atoms with Gasteiger partial charge in [0.1, 0.15) is 6.61 Å². The van der Waals surface area contributed by atoms with E-state index in [1.54, 1.807) is 25.6 Å². The number of fused-ring (bicyclic) bond motifs is 2. The summed E-state index contributed by atoms with van der Waals surface area (Å²) in [6.07, 6.45) is 3.95. The molecular formula is C16H15N5O3.